The van der Waals surface area contributed by atoms with Crippen molar-refractivity contribution in [3.05, 3.63) is 90.5 Å². The average Bonchev–Trinajstić information content (AvgIpc) is 3.29. The molecule has 0 fully saturated rings. The number of tetrazole rings is 1. The molecule has 10 heteroatoms. The molecule has 168 valence electrons. The SMILES string of the molecule is CN(Cc1ccccc1)S(=O)(=O)c1ccc(NC(=O)Cn2nnc(-c3ccccc3)n2)cc1. The number of carbonyl (C=O) groups excluding carboxylic acids is 1. The number of benzene rings is 3. The zero-order valence-corrected chi connectivity index (χ0v) is 18.7. The molecular weight excluding hydrogens is 440 g/mol. The van der Waals surface area contributed by atoms with Gasteiger partial charge in [-0.15, -0.1) is 10.2 Å². The van der Waals surface area contributed by atoms with Crippen molar-refractivity contribution in [3.63, 3.8) is 0 Å². The van der Waals surface area contributed by atoms with Crippen LogP contribution >= 0.6 is 0 Å². The third-order valence-electron chi connectivity index (χ3n) is 4.86. The minimum absolute atomic E-state index is 0.125. The van der Waals surface area contributed by atoms with Crippen molar-refractivity contribution in [3.8, 4) is 11.4 Å². The fourth-order valence-electron chi connectivity index (χ4n) is 3.16. The van der Waals surface area contributed by atoms with Crippen molar-refractivity contribution in [2.45, 2.75) is 18.0 Å². The number of sulfonamides is 1. The van der Waals surface area contributed by atoms with Crippen molar-refractivity contribution in [2.75, 3.05) is 12.4 Å². The van der Waals surface area contributed by atoms with Crippen LogP contribution in [0.1, 0.15) is 5.56 Å². The van der Waals surface area contributed by atoms with Gasteiger partial charge in [0, 0.05) is 24.8 Å². The Hall–Kier alpha value is -3.89. The average molecular weight is 463 g/mol. The predicted octanol–water partition coefficient (Wildman–Crippen LogP) is 2.80. The van der Waals surface area contributed by atoms with E-state index < -0.39 is 10.0 Å². The van der Waals surface area contributed by atoms with Crippen LogP contribution in [-0.2, 0) is 27.9 Å². The van der Waals surface area contributed by atoms with Gasteiger partial charge in [0.25, 0.3) is 0 Å². The summed E-state index contributed by atoms with van der Waals surface area (Å²) in [6.07, 6.45) is 0. The molecule has 1 heterocycles. The highest BCUT2D eigenvalue weighted by atomic mass is 32.2. The van der Waals surface area contributed by atoms with Crippen LogP contribution in [-0.4, -0.2) is 45.9 Å². The van der Waals surface area contributed by atoms with Crippen LogP contribution in [0, 0.1) is 0 Å². The molecule has 9 nitrogen and oxygen atoms in total. The molecular formula is C23H22N6O3S. The normalized spacial score (nSPS) is 11.5. The summed E-state index contributed by atoms with van der Waals surface area (Å²) in [5, 5.41) is 14.8. The molecule has 4 rings (SSSR count). The molecule has 0 aliphatic carbocycles. The minimum atomic E-state index is -3.67. The van der Waals surface area contributed by atoms with E-state index in [2.05, 4.69) is 20.7 Å². The van der Waals surface area contributed by atoms with E-state index in [0.717, 1.165) is 11.1 Å². The zero-order chi connectivity index (χ0) is 23.3. The molecule has 1 N–H and O–H groups in total. The molecule has 1 amide bonds. The Morgan fingerprint density at radius 1 is 0.939 bits per heavy atom. The van der Waals surface area contributed by atoms with Gasteiger partial charge in [-0.1, -0.05) is 60.7 Å². The van der Waals surface area contributed by atoms with Crippen molar-refractivity contribution in [1.82, 2.24) is 24.5 Å². The molecule has 0 aliphatic rings. The van der Waals surface area contributed by atoms with E-state index in [1.807, 2.05) is 60.7 Å². The number of amides is 1. The maximum absolute atomic E-state index is 12.8. The molecule has 0 saturated heterocycles. The van der Waals surface area contributed by atoms with Crippen LogP contribution in [0.3, 0.4) is 0 Å². The highest BCUT2D eigenvalue weighted by molar-refractivity contribution is 7.89. The smallest absolute Gasteiger partial charge is 0.248 e. The first kappa shape index (κ1) is 22.3. The fourth-order valence-corrected chi connectivity index (χ4v) is 4.32. The Morgan fingerprint density at radius 2 is 1.58 bits per heavy atom. The van der Waals surface area contributed by atoms with Crippen LogP contribution in [0.15, 0.2) is 89.8 Å². The molecule has 0 radical (unpaired) electrons. The number of carbonyl (C=O) groups is 1. The predicted molar refractivity (Wildman–Crippen MR) is 123 cm³/mol. The summed E-state index contributed by atoms with van der Waals surface area (Å²) in [6.45, 7) is 0.136. The fraction of sp³-hybridized carbons (Fsp3) is 0.130. The summed E-state index contributed by atoms with van der Waals surface area (Å²) in [7, 11) is -2.13. The largest absolute Gasteiger partial charge is 0.324 e. The van der Waals surface area contributed by atoms with Gasteiger partial charge in [0.1, 0.15) is 6.54 Å². The number of anilines is 1. The first-order valence-corrected chi connectivity index (χ1v) is 11.6. The summed E-state index contributed by atoms with van der Waals surface area (Å²) < 4.78 is 27.0. The van der Waals surface area contributed by atoms with Gasteiger partial charge in [-0.3, -0.25) is 4.79 Å². The van der Waals surface area contributed by atoms with Gasteiger partial charge in [0.15, 0.2) is 0 Å². The lowest BCUT2D eigenvalue weighted by molar-refractivity contribution is -0.117. The molecule has 0 atom stereocenters. The second-order valence-corrected chi connectivity index (χ2v) is 9.37. The van der Waals surface area contributed by atoms with Gasteiger partial charge in [-0.25, -0.2) is 8.42 Å². The van der Waals surface area contributed by atoms with E-state index in [0.29, 0.717) is 11.5 Å². The quantitative estimate of drug-likeness (QED) is 0.431. The molecule has 4 aromatic rings. The summed E-state index contributed by atoms with van der Waals surface area (Å²) in [5.41, 5.74) is 2.16. The number of nitrogens with zero attached hydrogens (tertiary/aromatic N) is 5. The second kappa shape index (κ2) is 9.72. The number of hydrogen-bond donors (Lipinski definition) is 1. The van der Waals surface area contributed by atoms with Gasteiger partial charge in [-0.2, -0.15) is 9.10 Å². The van der Waals surface area contributed by atoms with Gasteiger partial charge in [-0.05, 0) is 35.0 Å². The maximum Gasteiger partial charge on any atom is 0.248 e. The standard InChI is InChI=1S/C23H22N6O3S/c1-28(16-18-8-4-2-5-9-18)33(31,32)21-14-12-20(13-15-21)24-22(30)17-29-26-23(25-27-29)19-10-6-3-7-11-19/h2-15H,16-17H2,1H3,(H,24,30). The van der Waals surface area contributed by atoms with Crippen LogP contribution < -0.4 is 5.32 Å². The Morgan fingerprint density at radius 3 is 2.24 bits per heavy atom. The molecule has 0 unspecified atom stereocenters. The lowest BCUT2D eigenvalue weighted by atomic mass is 10.2. The minimum Gasteiger partial charge on any atom is -0.324 e. The zero-order valence-electron chi connectivity index (χ0n) is 17.9. The van der Waals surface area contributed by atoms with Crippen LogP contribution in [0.4, 0.5) is 5.69 Å². The second-order valence-electron chi connectivity index (χ2n) is 7.33. The van der Waals surface area contributed by atoms with E-state index in [9.17, 15) is 13.2 Å². The summed E-state index contributed by atoms with van der Waals surface area (Å²) in [6, 6.07) is 24.7. The van der Waals surface area contributed by atoms with Crippen molar-refractivity contribution >= 4 is 21.6 Å². The van der Waals surface area contributed by atoms with Crippen LogP contribution in [0.2, 0.25) is 0 Å². The van der Waals surface area contributed by atoms with E-state index in [-0.39, 0.29) is 23.9 Å². The molecule has 0 saturated carbocycles. The van der Waals surface area contributed by atoms with E-state index >= 15 is 0 Å². The molecule has 0 spiro atoms. The van der Waals surface area contributed by atoms with Gasteiger partial charge < -0.3 is 5.32 Å². The summed E-state index contributed by atoms with van der Waals surface area (Å²) in [4.78, 5) is 13.7. The van der Waals surface area contributed by atoms with E-state index in [4.69, 9.17) is 0 Å². The molecule has 0 bridgehead atoms. The van der Waals surface area contributed by atoms with Crippen molar-refractivity contribution in [1.29, 1.82) is 0 Å². The van der Waals surface area contributed by atoms with E-state index in [1.54, 1.807) is 12.1 Å². The van der Waals surface area contributed by atoms with Crippen molar-refractivity contribution in [2.24, 2.45) is 0 Å². The first-order chi connectivity index (χ1) is 15.9. The monoisotopic (exact) mass is 462 g/mol. The lowest BCUT2D eigenvalue weighted by Gasteiger charge is -2.17. The highest BCUT2D eigenvalue weighted by Gasteiger charge is 2.21. The topological polar surface area (TPSA) is 110 Å². The highest BCUT2D eigenvalue weighted by Crippen LogP contribution is 2.19. The lowest BCUT2D eigenvalue weighted by Crippen LogP contribution is -2.26. The third kappa shape index (κ3) is 5.48. The van der Waals surface area contributed by atoms with Crippen LogP contribution in [0.25, 0.3) is 11.4 Å². The number of rotatable bonds is 8. The maximum atomic E-state index is 12.8. The molecule has 3 aromatic carbocycles. The van der Waals surface area contributed by atoms with E-state index in [1.165, 1.54) is 28.3 Å². The number of aromatic nitrogens is 4. The molecule has 33 heavy (non-hydrogen) atoms. The first-order valence-electron chi connectivity index (χ1n) is 10.2. The Bertz CT molecular complexity index is 1320. The molecule has 0 aliphatic heterocycles. The number of nitrogens with one attached hydrogen (secondary N) is 1. The number of hydrogen-bond acceptors (Lipinski definition) is 6. The van der Waals surface area contributed by atoms with Gasteiger partial charge >= 0.3 is 0 Å². The third-order valence-corrected chi connectivity index (χ3v) is 6.68. The van der Waals surface area contributed by atoms with Crippen molar-refractivity contribution < 1.29 is 13.2 Å². The van der Waals surface area contributed by atoms with Crippen LogP contribution in [0.5, 0.6) is 0 Å². The Balaban J connectivity index is 1.37. The Labute approximate surface area is 191 Å². The van der Waals surface area contributed by atoms with Gasteiger partial charge in [0.2, 0.25) is 21.8 Å². The summed E-state index contributed by atoms with van der Waals surface area (Å²) >= 11 is 0. The Kier molecular flexibility index (Phi) is 6.57. The molecule has 1 aromatic heterocycles. The van der Waals surface area contributed by atoms with Gasteiger partial charge in [0.05, 0.1) is 4.90 Å². The summed E-state index contributed by atoms with van der Waals surface area (Å²) in [5.74, 6) is 0.0707.